The van der Waals surface area contributed by atoms with Crippen LogP contribution in [-0.4, -0.2) is 61.4 Å². The Labute approximate surface area is 174 Å². The number of aryl methyl sites for hydroxylation is 1. The number of nitrogens with zero attached hydrogens (tertiary/aromatic N) is 3. The van der Waals surface area contributed by atoms with E-state index in [9.17, 15) is 9.18 Å². The summed E-state index contributed by atoms with van der Waals surface area (Å²) in [5.74, 6) is 0.615. The second kappa shape index (κ2) is 13.8. The van der Waals surface area contributed by atoms with Gasteiger partial charge in [0.1, 0.15) is 5.82 Å². The second-order valence-electron chi connectivity index (χ2n) is 5.89. The van der Waals surface area contributed by atoms with E-state index in [0.29, 0.717) is 26.2 Å². The topological polar surface area (TPSA) is 47.9 Å². The zero-order valence-electron chi connectivity index (χ0n) is 16.3. The summed E-state index contributed by atoms with van der Waals surface area (Å²) in [5, 5.41) is 3.22. The molecule has 0 saturated heterocycles. The van der Waals surface area contributed by atoms with Crippen LogP contribution in [0.25, 0.3) is 0 Å². The molecule has 0 radical (unpaired) electrons. The number of halogens is 2. The number of carbonyl (C=O) groups is 1. The van der Waals surface area contributed by atoms with Crippen molar-refractivity contribution < 1.29 is 9.18 Å². The lowest BCUT2D eigenvalue weighted by atomic mass is 10.1. The fourth-order valence-corrected chi connectivity index (χ4v) is 2.58. The Morgan fingerprint density at radius 1 is 1.23 bits per heavy atom. The molecule has 0 aliphatic rings. The molecule has 1 aromatic rings. The van der Waals surface area contributed by atoms with Crippen LogP contribution in [0.2, 0.25) is 0 Å². The number of nitrogens with one attached hydrogen (secondary N) is 1. The number of aliphatic imine (C=N–C) groups is 1. The quantitative estimate of drug-likeness (QED) is 0.257. The number of hydrogen-bond acceptors (Lipinski definition) is 2. The van der Waals surface area contributed by atoms with Crippen LogP contribution in [0.1, 0.15) is 32.8 Å². The first-order valence-electron chi connectivity index (χ1n) is 9.03. The third-order valence-electron chi connectivity index (χ3n) is 3.96. The molecule has 0 atom stereocenters. The minimum atomic E-state index is -0.205. The molecule has 26 heavy (non-hydrogen) atoms. The molecular weight excluding hydrogens is 446 g/mol. The van der Waals surface area contributed by atoms with Gasteiger partial charge in [-0.3, -0.25) is 9.79 Å². The number of hydrogen-bond donors (Lipinski definition) is 1. The predicted octanol–water partition coefficient (Wildman–Crippen LogP) is 3.14. The number of rotatable bonds is 9. The Balaban J connectivity index is 0.00000625. The van der Waals surface area contributed by atoms with Gasteiger partial charge in [-0.05, 0) is 51.3 Å². The SMILES string of the molecule is CCNC(=NCCCc1cccc(F)c1)N(C)CC(=O)N(CC)CC.I. The van der Waals surface area contributed by atoms with Crippen molar-refractivity contribution in [1.82, 2.24) is 15.1 Å². The summed E-state index contributed by atoms with van der Waals surface area (Å²) < 4.78 is 13.2. The molecule has 0 unspecified atom stereocenters. The van der Waals surface area contributed by atoms with Crippen molar-refractivity contribution in [2.75, 3.05) is 39.8 Å². The molecule has 0 fully saturated rings. The highest BCUT2D eigenvalue weighted by Crippen LogP contribution is 2.06. The van der Waals surface area contributed by atoms with Gasteiger partial charge in [-0.25, -0.2) is 4.39 Å². The van der Waals surface area contributed by atoms with E-state index in [2.05, 4.69) is 10.3 Å². The van der Waals surface area contributed by atoms with Crippen LogP contribution in [0.3, 0.4) is 0 Å². The van der Waals surface area contributed by atoms with Crippen molar-refractivity contribution in [3.05, 3.63) is 35.6 Å². The third kappa shape index (κ3) is 8.82. The maximum atomic E-state index is 13.2. The van der Waals surface area contributed by atoms with Crippen molar-refractivity contribution >= 4 is 35.8 Å². The lowest BCUT2D eigenvalue weighted by Gasteiger charge is -2.25. The van der Waals surface area contributed by atoms with E-state index in [-0.39, 0.29) is 35.7 Å². The van der Waals surface area contributed by atoms with Crippen LogP contribution in [0, 0.1) is 5.82 Å². The van der Waals surface area contributed by atoms with Gasteiger partial charge < -0.3 is 15.1 Å². The van der Waals surface area contributed by atoms with Gasteiger partial charge in [-0.1, -0.05) is 12.1 Å². The molecule has 0 aliphatic carbocycles. The minimum Gasteiger partial charge on any atom is -0.357 e. The molecule has 0 aromatic heterocycles. The number of likely N-dealkylation sites (N-methyl/N-ethyl adjacent to an activating group) is 2. The summed E-state index contributed by atoms with van der Waals surface area (Å²) in [6.07, 6.45) is 1.61. The first-order valence-corrected chi connectivity index (χ1v) is 9.03. The van der Waals surface area contributed by atoms with Crippen LogP contribution in [0.4, 0.5) is 4.39 Å². The normalized spacial score (nSPS) is 10.9. The van der Waals surface area contributed by atoms with E-state index in [4.69, 9.17) is 0 Å². The van der Waals surface area contributed by atoms with Crippen molar-refractivity contribution in [1.29, 1.82) is 0 Å². The van der Waals surface area contributed by atoms with Crippen LogP contribution in [0.5, 0.6) is 0 Å². The highest BCUT2D eigenvalue weighted by molar-refractivity contribution is 14.0. The molecule has 0 bridgehead atoms. The Kier molecular flexibility index (Phi) is 13.0. The smallest absolute Gasteiger partial charge is 0.242 e. The van der Waals surface area contributed by atoms with Gasteiger partial charge in [-0.2, -0.15) is 0 Å². The van der Waals surface area contributed by atoms with Crippen LogP contribution >= 0.6 is 24.0 Å². The van der Waals surface area contributed by atoms with E-state index in [0.717, 1.165) is 30.9 Å². The van der Waals surface area contributed by atoms with Crippen molar-refractivity contribution in [2.24, 2.45) is 4.99 Å². The van der Waals surface area contributed by atoms with Gasteiger partial charge in [0, 0.05) is 33.2 Å². The molecule has 0 heterocycles. The Morgan fingerprint density at radius 2 is 1.92 bits per heavy atom. The van der Waals surface area contributed by atoms with E-state index < -0.39 is 0 Å². The highest BCUT2D eigenvalue weighted by Gasteiger charge is 2.14. The molecule has 148 valence electrons. The standard InChI is InChI=1S/C19H31FN4O.HI/c1-5-21-19(23(4)15-18(25)24(6-2)7-3)22-13-9-11-16-10-8-12-17(20)14-16;/h8,10,12,14H,5-7,9,11,13,15H2,1-4H3,(H,21,22);1H. The summed E-state index contributed by atoms with van der Waals surface area (Å²) in [4.78, 5) is 20.5. The number of carbonyl (C=O) groups excluding carboxylic acids is 1. The lowest BCUT2D eigenvalue weighted by Crippen LogP contribution is -2.45. The van der Waals surface area contributed by atoms with E-state index in [1.165, 1.54) is 6.07 Å². The molecule has 1 N–H and O–H groups in total. The van der Waals surface area contributed by atoms with Gasteiger partial charge >= 0.3 is 0 Å². The minimum absolute atomic E-state index is 0. The zero-order chi connectivity index (χ0) is 18.7. The summed E-state index contributed by atoms with van der Waals surface area (Å²) in [6, 6.07) is 6.66. The first kappa shape index (κ1) is 24.6. The number of benzene rings is 1. The third-order valence-corrected chi connectivity index (χ3v) is 3.96. The maximum absolute atomic E-state index is 13.2. The van der Waals surface area contributed by atoms with Crippen LogP contribution in [-0.2, 0) is 11.2 Å². The van der Waals surface area contributed by atoms with E-state index >= 15 is 0 Å². The summed E-state index contributed by atoms with van der Waals surface area (Å²) in [7, 11) is 1.87. The van der Waals surface area contributed by atoms with Gasteiger partial charge in [0.25, 0.3) is 0 Å². The second-order valence-corrected chi connectivity index (χ2v) is 5.89. The van der Waals surface area contributed by atoms with Crippen molar-refractivity contribution in [2.45, 2.75) is 33.6 Å². The van der Waals surface area contributed by atoms with Crippen LogP contribution < -0.4 is 5.32 Å². The lowest BCUT2D eigenvalue weighted by molar-refractivity contribution is -0.131. The molecule has 7 heteroatoms. The average Bonchev–Trinajstić information content (AvgIpc) is 2.58. The van der Waals surface area contributed by atoms with Crippen molar-refractivity contribution in [3.63, 3.8) is 0 Å². The van der Waals surface area contributed by atoms with Gasteiger partial charge in [0.15, 0.2) is 5.96 Å². The molecule has 0 spiro atoms. The monoisotopic (exact) mass is 478 g/mol. The maximum Gasteiger partial charge on any atom is 0.242 e. The fraction of sp³-hybridized carbons (Fsp3) is 0.579. The van der Waals surface area contributed by atoms with Gasteiger partial charge in [-0.15, -0.1) is 24.0 Å². The molecular formula is C19H32FIN4O. The van der Waals surface area contributed by atoms with Gasteiger partial charge in [0.05, 0.1) is 6.54 Å². The largest absolute Gasteiger partial charge is 0.357 e. The Bertz CT molecular complexity index is 564. The predicted molar refractivity (Wildman–Crippen MR) is 117 cm³/mol. The van der Waals surface area contributed by atoms with Crippen LogP contribution in [0.15, 0.2) is 29.3 Å². The highest BCUT2D eigenvalue weighted by atomic mass is 127. The number of amides is 1. The summed E-state index contributed by atoms with van der Waals surface area (Å²) >= 11 is 0. The van der Waals surface area contributed by atoms with E-state index in [1.54, 1.807) is 12.1 Å². The molecule has 1 aromatic carbocycles. The fourth-order valence-electron chi connectivity index (χ4n) is 2.58. The first-order chi connectivity index (χ1) is 12.0. The molecule has 1 rings (SSSR count). The molecule has 0 aliphatic heterocycles. The summed E-state index contributed by atoms with van der Waals surface area (Å²) in [5.41, 5.74) is 0.977. The Hall–Kier alpha value is -1.38. The number of guanidine groups is 1. The summed E-state index contributed by atoms with van der Waals surface area (Å²) in [6.45, 7) is 9.06. The Morgan fingerprint density at radius 3 is 2.50 bits per heavy atom. The zero-order valence-corrected chi connectivity index (χ0v) is 18.6. The average molecular weight is 478 g/mol. The van der Waals surface area contributed by atoms with E-state index in [1.807, 2.05) is 43.7 Å². The van der Waals surface area contributed by atoms with Gasteiger partial charge in [0.2, 0.25) is 5.91 Å². The molecule has 1 amide bonds. The van der Waals surface area contributed by atoms with Crippen molar-refractivity contribution in [3.8, 4) is 0 Å². The molecule has 5 nitrogen and oxygen atoms in total. The molecule has 0 saturated carbocycles.